The van der Waals surface area contributed by atoms with E-state index >= 15 is 0 Å². The minimum absolute atomic E-state index is 0.00545. The summed E-state index contributed by atoms with van der Waals surface area (Å²) in [4.78, 5) is 12.5. The molecule has 1 amide bonds. The van der Waals surface area contributed by atoms with Crippen LogP contribution in [-0.2, 0) is 4.79 Å². The Morgan fingerprint density at radius 3 is 2.44 bits per heavy atom. The van der Waals surface area contributed by atoms with Crippen LogP contribution in [0.5, 0.6) is 11.5 Å². The number of hydrogen-bond acceptors (Lipinski definition) is 3. The lowest BCUT2D eigenvalue weighted by atomic mass is 9.83. The van der Waals surface area contributed by atoms with Crippen molar-refractivity contribution in [3.8, 4) is 11.5 Å². The summed E-state index contributed by atoms with van der Waals surface area (Å²) in [6.07, 6.45) is 0.375. The van der Waals surface area contributed by atoms with Crippen molar-refractivity contribution in [3.05, 3.63) is 62.5 Å². The van der Waals surface area contributed by atoms with E-state index in [-0.39, 0.29) is 11.8 Å². The molecule has 0 aliphatic carbocycles. The Labute approximate surface area is 174 Å². The molecule has 0 saturated carbocycles. The van der Waals surface area contributed by atoms with Gasteiger partial charge in [-0.1, -0.05) is 40.2 Å². The number of carbonyl (C=O) groups is 1. The minimum atomic E-state index is -0.0780. The van der Waals surface area contributed by atoms with Gasteiger partial charge in [-0.3, -0.25) is 4.79 Å². The van der Waals surface area contributed by atoms with Gasteiger partial charge in [-0.05, 0) is 50.6 Å². The third-order valence-electron chi connectivity index (χ3n) is 4.91. The molecule has 0 spiro atoms. The van der Waals surface area contributed by atoms with Crippen molar-refractivity contribution in [1.82, 2.24) is 0 Å². The maximum absolute atomic E-state index is 12.5. The largest absolute Gasteiger partial charge is 0.493 e. The Morgan fingerprint density at radius 2 is 1.74 bits per heavy atom. The molecule has 0 saturated heterocycles. The highest BCUT2D eigenvalue weighted by Crippen LogP contribution is 2.46. The fourth-order valence-corrected chi connectivity index (χ4v) is 4.90. The second-order valence-electron chi connectivity index (χ2n) is 6.41. The van der Waals surface area contributed by atoms with Gasteiger partial charge < -0.3 is 14.8 Å². The van der Waals surface area contributed by atoms with Crippen molar-refractivity contribution in [2.75, 3.05) is 19.5 Å². The molecule has 0 radical (unpaired) electrons. The summed E-state index contributed by atoms with van der Waals surface area (Å²) in [7, 11) is 3.22. The Kier molecular flexibility index (Phi) is 4.86. The monoisotopic (exact) mass is 489 g/mol. The number of anilines is 1. The maximum atomic E-state index is 12.5. The van der Waals surface area contributed by atoms with Crippen LogP contribution in [0.15, 0.2) is 51.4 Å². The first-order chi connectivity index (χ1) is 13.0. The summed E-state index contributed by atoms with van der Waals surface area (Å²) in [5.74, 6) is 1.20. The van der Waals surface area contributed by atoms with E-state index in [0.717, 1.165) is 36.5 Å². The molecule has 0 bridgehead atoms. The van der Waals surface area contributed by atoms with Gasteiger partial charge in [0.25, 0.3) is 0 Å². The van der Waals surface area contributed by atoms with Gasteiger partial charge in [-0.15, -0.1) is 0 Å². The molecule has 0 aromatic heterocycles. The van der Waals surface area contributed by atoms with Gasteiger partial charge >= 0.3 is 0 Å². The SMILES string of the molecule is COc1cc([C@@H]2CC(=O)Nc3c2cc(Br)c2ccccc32)cc(Br)c1OC. The second-order valence-corrected chi connectivity index (χ2v) is 8.12. The number of carbonyl (C=O) groups excluding carboxylic acids is 1. The molecule has 1 aliphatic heterocycles. The number of rotatable bonds is 3. The van der Waals surface area contributed by atoms with Gasteiger partial charge in [0.15, 0.2) is 11.5 Å². The maximum Gasteiger partial charge on any atom is 0.225 e. The molecule has 138 valence electrons. The van der Waals surface area contributed by atoms with Crippen LogP contribution in [0.25, 0.3) is 10.8 Å². The molecule has 3 aromatic carbocycles. The van der Waals surface area contributed by atoms with Gasteiger partial charge in [0, 0.05) is 22.2 Å². The highest BCUT2D eigenvalue weighted by atomic mass is 79.9. The predicted octanol–water partition coefficient (Wildman–Crippen LogP) is 5.86. The van der Waals surface area contributed by atoms with Gasteiger partial charge in [0.1, 0.15) is 0 Å². The van der Waals surface area contributed by atoms with Gasteiger partial charge in [-0.25, -0.2) is 0 Å². The first kappa shape index (κ1) is 18.3. The third-order valence-corrected chi connectivity index (χ3v) is 6.16. The third kappa shape index (κ3) is 3.11. The van der Waals surface area contributed by atoms with Crippen LogP contribution in [0.2, 0.25) is 0 Å². The zero-order chi connectivity index (χ0) is 19.1. The summed E-state index contributed by atoms with van der Waals surface area (Å²) >= 11 is 7.25. The number of methoxy groups -OCH3 is 2. The molecule has 1 heterocycles. The summed E-state index contributed by atoms with van der Waals surface area (Å²) < 4.78 is 12.7. The van der Waals surface area contributed by atoms with E-state index < -0.39 is 0 Å². The molecule has 4 nitrogen and oxygen atoms in total. The molecule has 3 aromatic rings. The standard InChI is InChI=1S/C21H17Br2NO3/c1-26-18-8-11(7-17(23)21(18)27-2)14-10-19(25)24-20-13-6-4-3-5-12(13)16(22)9-15(14)20/h3-9,14H,10H2,1-2H3,(H,24,25)/t14-/m0/s1. The molecule has 6 heteroatoms. The molecule has 1 atom stereocenters. The van der Waals surface area contributed by atoms with E-state index in [0.29, 0.717) is 17.9 Å². The summed E-state index contributed by atoms with van der Waals surface area (Å²) in [6, 6.07) is 14.1. The van der Waals surface area contributed by atoms with E-state index in [2.05, 4.69) is 43.2 Å². The van der Waals surface area contributed by atoms with Crippen molar-refractivity contribution in [3.63, 3.8) is 0 Å². The molecular weight excluding hydrogens is 474 g/mol. The average molecular weight is 491 g/mol. The smallest absolute Gasteiger partial charge is 0.225 e. The Morgan fingerprint density at radius 1 is 1.00 bits per heavy atom. The van der Waals surface area contributed by atoms with Crippen LogP contribution in [0.3, 0.4) is 0 Å². The van der Waals surface area contributed by atoms with Crippen molar-refractivity contribution >= 4 is 54.2 Å². The molecule has 4 rings (SSSR count). The molecule has 0 fully saturated rings. The minimum Gasteiger partial charge on any atom is -0.493 e. The van der Waals surface area contributed by atoms with Crippen LogP contribution in [0, 0.1) is 0 Å². The van der Waals surface area contributed by atoms with E-state index in [1.807, 2.05) is 36.4 Å². The van der Waals surface area contributed by atoms with E-state index in [4.69, 9.17) is 9.47 Å². The lowest BCUT2D eigenvalue weighted by molar-refractivity contribution is -0.116. The van der Waals surface area contributed by atoms with Crippen molar-refractivity contribution in [1.29, 1.82) is 0 Å². The van der Waals surface area contributed by atoms with Gasteiger partial charge in [-0.2, -0.15) is 0 Å². The number of hydrogen-bond donors (Lipinski definition) is 1. The van der Waals surface area contributed by atoms with E-state index in [1.54, 1.807) is 14.2 Å². The molecular formula is C21H17Br2NO3. The zero-order valence-electron chi connectivity index (χ0n) is 14.8. The zero-order valence-corrected chi connectivity index (χ0v) is 18.0. The molecule has 27 heavy (non-hydrogen) atoms. The number of ether oxygens (including phenoxy) is 2. The van der Waals surface area contributed by atoms with Crippen molar-refractivity contribution < 1.29 is 14.3 Å². The summed E-state index contributed by atoms with van der Waals surface area (Å²) in [5, 5.41) is 5.17. The molecule has 0 unspecified atom stereocenters. The van der Waals surface area contributed by atoms with Crippen molar-refractivity contribution in [2.45, 2.75) is 12.3 Å². The van der Waals surface area contributed by atoms with Gasteiger partial charge in [0.05, 0.1) is 24.4 Å². The van der Waals surface area contributed by atoms with Gasteiger partial charge in [0.2, 0.25) is 5.91 Å². The number of fused-ring (bicyclic) bond motifs is 3. The Hall–Kier alpha value is -2.05. The quantitative estimate of drug-likeness (QED) is 0.500. The number of amides is 1. The van der Waals surface area contributed by atoms with Crippen LogP contribution < -0.4 is 14.8 Å². The summed E-state index contributed by atoms with van der Waals surface area (Å²) in [5.41, 5.74) is 2.96. The second kappa shape index (κ2) is 7.17. The van der Waals surface area contributed by atoms with E-state index in [1.165, 1.54) is 0 Å². The number of nitrogens with one attached hydrogen (secondary N) is 1. The Balaban J connectivity index is 1.95. The normalized spacial score (nSPS) is 16.0. The first-order valence-electron chi connectivity index (χ1n) is 8.46. The Bertz CT molecular complexity index is 1060. The van der Waals surface area contributed by atoms with E-state index in [9.17, 15) is 4.79 Å². The number of benzene rings is 3. The van der Waals surface area contributed by atoms with Crippen LogP contribution in [-0.4, -0.2) is 20.1 Å². The van der Waals surface area contributed by atoms with Crippen LogP contribution in [0.4, 0.5) is 5.69 Å². The highest BCUT2D eigenvalue weighted by molar-refractivity contribution is 9.11. The predicted molar refractivity (Wildman–Crippen MR) is 114 cm³/mol. The topological polar surface area (TPSA) is 47.6 Å². The van der Waals surface area contributed by atoms with Crippen LogP contribution in [0.1, 0.15) is 23.5 Å². The van der Waals surface area contributed by atoms with Crippen LogP contribution >= 0.6 is 31.9 Å². The number of halogens is 2. The van der Waals surface area contributed by atoms with Crippen molar-refractivity contribution in [2.24, 2.45) is 0 Å². The molecule has 1 N–H and O–H groups in total. The lowest BCUT2D eigenvalue weighted by Crippen LogP contribution is -2.24. The lowest BCUT2D eigenvalue weighted by Gasteiger charge is -2.28. The first-order valence-corrected chi connectivity index (χ1v) is 10.0. The fraction of sp³-hybridized carbons (Fsp3) is 0.190. The highest BCUT2D eigenvalue weighted by Gasteiger charge is 2.30. The summed E-state index contributed by atoms with van der Waals surface area (Å²) in [6.45, 7) is 0. The molecule has 1 aliphatic rings. The average Bonchev–Trinajstić information content (AvgIpc) is 2.67. The fourth-order valence-electron chi connectivity index (χ4n) is 3.69.